The summed E-state index contributed by atoms with van der Waals surface area (Å²) in [6.45, 7) is 5.86. The van der Waals surface area contributed by atoms with E-state index in [2.05, 4.69) is 18.8 Å². The Morgan fingerprint density at radius 1 is 1.47 bits per heavy atom. The summed E-state index contributed by atoms with van der Waals surface area (Å²) in [5, 5.41) is 12.0. The number of carbonyl (C=O) groups excluding carboxylic acids is 1. The van der Waals surface area contributed by atoms with Gasteiger partial charge in [0.25, 0.3) is 0 Å². The second-order valence-electron chi connectivity index (χ2n) is 5.04. The minimum atomic E-state index is -0.789. The Morgan fingerprint density at radius 3 is 2.53 bits per heavy atom. The number of carboxylic acids is 1. The van der Waals surface area contributed by atoms with Crippen LogP contribution in [-0.4, -0.2) is 23.5 Å². The molecular formula is C13H21NO3. The second kappa shape index (κ2) is 5.84. The Kier molecular flexibility index (Phi) is 4.73. The fourth-order valence-electron chi connectivity index (χ4n) is 2.25. The quantitative estimate of drug-likeness (QED) is 0.721. The molecule has 0 spiro atoms. The maximum atomic E-state index is 11.4. The van der Waals surface area contributed by atoms with Crippen LogP contribution in [0.2, 0.25) is 0 Å². The van der Waals surface area contributed by atoms with Crippen molar-refractivity contribution in [2.75, 3.05) is 6.54 Å². The van der Waals surface area contributed by atoms with Gasteiger partial charge in [-0.1, -0.05) is 13.0 Å². The number of hydrogen-bond donors (Lipinski definition) is 2. The van der Waals surface area contributed by atoms with Gasteiger partial charge in [0.2, 0.25) is 5.91 Å². The molecule has 17 heavy (non-hydrogen) atoms. The summed E-state index contributed by atoms with van der Waals surface area (Å²) in [6, 6.07) is 0. The number of carboxylic acid groups (broad SMARTS) is 1. The van der Waals surface area contributed by atoms with Crippen LogP contribution < -0.4 is 5.32 Å². The molecule has 1 saturated carbocycles. The molecule has 0 atom stereocenters. The highest BCUT2D eigenvalue weighted by molar-refractivity contribution is 5.79. The summed E-state index contributed by atoms with van der Waals surface area (Å²) in [5.74, 6) is -0.353. The number of carbonyl (C=O) groups is 2. The van der Waals surface area contributed by atoms with Crippen molar-refractivity contribution in [1.29, 1.82) is 0 Å². The number of aliphatic carboxylic acids is 1. The van der Waals surface area contributed by atoms with Crippen LogP contribution in [0.15, 0.2) is 12.7 Å². The maximum Gasteiger partial charge on any atom is 0.311 e. The number of hydrogen-bond acceptors (Lipinski definition) is 2. The van der Waals surface area contributed by atoms with Crippen LogP contribution in [0, 0.1) is 11.3 Å². The van der Waals surface area contributed by atoms with Crippen LogP contribution in [0.1, 0.15) is 39.0 Å². The fourth-order valence-corrected chi connectivity index (χ4v) is 2.25. The van der Waals surface area contributed by atoms with E-state index in [9.17, 15) is 14.7 Å². The molecule has 2 N–H and O–H groups in total. The molecule has 0 aliphatic heterocycles. The van der Waals surface area contributed by atoms with Crippen LogP contribution in [0.25, 0.3) is 0 Å². The van der Waals surface area contributed by atoms with Crippen molar-refractivity contribution < 1.29 is 14.7 Å². The molecule has 0 unspecified atom stereocenters. The van der Waals surface area contributed by atoms with E-state index < -0.39 is 11.4 Å². The Bertz CT molecular complexity index is 304. The minimum Gasteiger partial charge on any atom is -0.481 e. The monoisotopic (exact) mass is 239 g/mol. The summed E-state index contributed by atoms with van der Waals surface area (Å²) in [4.78, 5) is 22.7. The molecule has 1 aliphatic rings. The van der Waals surface area contributed by atoms with E-state index in [1.165, 1.54) is 6.08 Å². The van der Waals surface area contributed by atoms with Gasteiger partial charge in [-0.3, -0.25) is 9.59 Å². The lowest BCUT2D eigenvalue weighted by Gasteiger charge is -2.35. The molecular weight excluding hydrogens is 218 g/mol. The highest BCUT2D eigenvalue weighted by atomic mass is 16.4. The van der Waals surface area contributed by atoms with E-state index in [-0.39, 0.29) is 18.9 Å². The molecule has 0 aromatic carbocycles. The molecule has 4 nitrogen and oxygen atoms in total. The van der Waals surface area contributed by atoms with Crippen molar-refractivity contribution in [3.63, 3.8) is 0 Å². The second-order valence-corrected chi connectivity index (χ2v) is 5.04. The minimum absolute atomic E-state index is 0.153. The normalized spacial score (nSPS) is 28.4. The highest BCUT2D eigenvalue weighted by Gasteiger charge is 2.41. The predicted octanol–water partition coefficient (Wildman–Crippen LogP) is 1.96. The molecule has 0 heterocycles. The molecule has 4 heteroatoms. The van der Waals surface area contributed by atoms with Gasteiger partial charge in [0.15, 0.2) is 0 Å². The molecule has 1 aliphatic carbocycles. The SMILES string of the molecule is C=CCC(=O)NCC1(C(=O)O)CCC(C)CC1. The van der Waals surface area contributed by atoms with Crippen LogP contribution in [0.4, 0.5) is 0 Å². The van der Waals surface area contributed by atoms with Gasteiger partial charge in [0.05, 0.1) is 5.41 Å². The zero-order valence-electron chi connectivity index (χ0n) is 10.4. The molecule has 0 bridgehead atoms. The third kappa shape index (κ3) is 3.58. The fraction of sp³-hybridized carbons (Fsp3) is 0.692. The first kappa shape index (κ1) is 13.7. The largest absolute Gasteiger partial charge is 0.481 e. The molecule has 1 rings (SSSR count). The third-order valence-corrected chi connectivity index (χ3v) is 3.64. The van der Waals surface area contributed by atoms with Gasteiger partial charge < -0.3 is 10.4 Å². The molecule has 0 radical (unpaired) electrons. The van der Waals surface area contributed by atoms with Crippen LogP contribution in [-0.2, 0) is 9.59 Å². The van der Waals surface area contributed by atoms with E-state index in [0.717, 1.165) is 12.8 Å². The highest BCUT2D eigenvalue weighted by Crippen LogP contribution is 2.38. The van der Waals surface area contributed by atoms with Gasteiger partial charge in [0.1, 0.15) is 0 Å². The van der Waals surface area contributed by atoms with Crippen LogP contribution >= 0.6 is 0 Å². The van der Waals surface area contributed by atoms with Crippen LogP contribution in [0.5, 0.6) is 0 Å². The smallest absolute Gasteiger partial charge is 0.311 e. The first-order valence-electron chi connectivity index (χ1n) is 6.11. The average Bonchev–Trinajstić information content (AvgIpc) is 2.29. The average molecular weight is 239 g/mol. The summed E-state index contributed by atoms with van der Waals surface area (Å²) >= 11 is 0. The lowest BCUT2D eigenvalue weighted by atomic mass is 9.71. The molecule has 1 fully saturated rings. The first-order chi connectivity index (χ1) is 8.00. The maximum absolute atomic E-state index is 11.4. The summed E-state index contributed by atoms with van der Waals surface area (Å²) in [6.07, 6.45) is 4.90. The Hall–Kier alpha value is -1.32. The predicted molar refractivity (Wildman–Crippen MR) is 65.5 cm³/mol. The molecule has 0 aromatic rings. The lowest BCUT2D eigenvalue weighted by Crippen LogP contribution is -2.45. The first-order valence-corrected chi connectivity index (χ1v) is 6.11. The van der Waals surface area contributed by atoms with Crippen molar-refractivity contribution in [1.82, 2.24) is 5.32 Å². The lowest BCUT2D eigenvalue weighted by molar-refractivity contribution is -0.151. The summed E-state index contributed by atoms with van der Waals surface area (Å²) in [7, 11) is 0. The van der Waals surface area contributed by atoms with E-state index in [4.69, 9.17) is 0 Å². The molecule has 0 aromatic heterocycles. The van der Waals surface area contributed by atoms with Gasteiger partial charge >= 0.3 is 5.97 Å². The Labute approximate surface area is 102 Å². The van der Waals surface area contributed by atoms with E-state index in [1.807, 2.05) is 0 Å². The molecule has 0 saturated heterocycles. The van der Waals surface area contributed by atoms with Crippen molar-refractivity contribution in [2.24, 2.45) is 11.3 Å². The van der Waals surface area contributed by atoms with E-state index in [1.54, 1.807) is 0 Å². The van der Waals surface area contributed by atoms with Crippen LogP contribution in [0.3, 0.4) is 0 Å². The standard InChI is InChI=1S/C13H21NO3/c1-3-4-11(15)14-9-13(12(16)17)7-5-10(2)6-8-13/h3,10H,1,4-9H2,2H3,(H,14,15)(H,16,17). The Balaban J connectivity index is 2.57. The molecule has 1 amide bonds. The van der Waals surface area contributed by atoms with Crippen molar-refractivity contribution in [3.8, 4) is 0 Å². The third-order valence-electron chi connectivity index (χ3n) is 3.64. The van der Waals surface area contributed by atoms with Gasteiger partial charge in [-0.2, -0.15) is 0 Å². The zero-order valence-corrected chi connectivity index (χ0v) is 10.4. The van der Waals surface area contributed by atoms with Crippen molar-refractivity contribution in [3.05, 3.63) is 12.7 Å². The summed E-state index contributed by atoms with van der Waals surface area (Å²) in [5.41, 5.74) is -0.761. The number of nitrogens with one attached hydrogen (secondary N) is 1. The van der Waals surface area contributed by atoms with Crippen molar-refractivity contribution >= 4 is 11.9 Å². The van der Waals surface area contributed by atoms with Gasteiger partial charge in [-0.25, -0.2) is 0 Å². The Morgan fingerprint density at radius 2 is 2.06 bits per heavy atom. The van der Waals surface area contributed by atoms with E-state index >= 15 is 0 Å². The zero-order chi connectivity index (χ0) is 12.9. The van der Waals surface area contributed by atoms with Gasteiger partial charge in [-0.15, -0.1) is 6.58 Å². The van der Waals surface area contributed by atoms with Crippen molar-refractivity contribution in [2.45, 2.75) is 39.0 Å². The molecule has 96 valence electrons. The number of rotatable bonds is 5. The summed E-state index contributed by atoms with van der Waals surface area (Å²) < 4.78 is 0. The van der Waals surface area contributed by atoms with E-state index in [0.29, 0.717) is 18.8 Å². The topological polar surface area (TPSA) is 66.4 Å². The van der Waals surface area contributed by atoms with Gasteiger partial charge in [0, 0.05) is 13.0 Å². The number of amides is 1. The van der Waals surface area contributed by atoms with Gasteiger partial charge in [-0.05, 0) is 31.6 Å².